The van der Waals surface area contributed by atoms with Gasteiger partial charge in [0.15, 0.2) is 0 Å². The molecule has 0 radical (unpaired) electrons. The van der Waals surface area contributed by atoms with Gasteiger partial charge in [0, 0.05) is 12.3 Å². The van der Waals surface area contributed by atoms with Gasteiger partial charge < -0.3 is 5.32 Å². The van der Waals surface area contributed by atoms with Crippen LogP contribution in [0.5, 0.6) is 0 Å². The number of halogens is 2. The van der Waals surface area contributed by atoms with Crippen molar-refractivity contribution < 1.29 is 8.78 Å². The topological polar surface area (TPSA) is 12.0 Å². The van der Waals surface area contributed by atoms with Crippen molar-refractivity contribution in [1.29, 1.82) is 0 Å². The molecule has 1 unspecified atom stereocenters. The highest BCUT2D eigenvalue weighted by Gasteiger charge is 2.39. The molecule has 3 heteroatoms. The first-order valence-corrected chi connectivity index (χ1v) is 5.61. The molecule has 0 aliphatic carbocycles. The number of alkyl halides is 2. The highest BCUT2D eigenvalue weighted by molar-refractivity contribution is 4.81. The first-order valence-electron chi connectivity index (χ1n) is 5.61. The maximum absolute atomic E-state index is 13.7. The molecular formula is C11H21F2N. The summed E-state index contributed by atoms with van der Waals surface area (Å²) in [5.41, 5.74) is 0. The van der Waals surface area contributed by atoms with Crippen molar-refractivity contribution in [3.8, 4) is 0 Å². The molecule has 0 aromatic heterocycles. The fourth-order valence-corrected chi connectivity index (χ4v) is 2.15. The Morgan fingerprint density at radius 2 is 2.00 bits per heavy atom. The molecule has 1 rings (SSSR count). The summed E-state index contributed by atoms with van der Waals surface area (Å²) >= 11 is 0. The van der Waals surface area contributed by atoms with Gasteiger partial charge in [-0.25, -0.2) is 8.78 Å². The Hall–Kier alpha value is -0.180. The van der Waals surface area contributed by atoms with Gasteiger partial charge in [0.2, 0.25) is 0 Å². The molecule has 1 nitrogen and oxygen atoms in total. The van der Waals surface area contributed by atoms with E-state index in [1.807, 2.05) is 13.8 Å². The molecule has 0 aromatic rings. The second-order valence-corrected chi connectivity index (χ2v) is 4.74. The lowest BCUT2D eigenvalue weighted by Gasteiger charge is -2.27. The lowest BCUT2D eigenvalue weighted by atomic mass is 9.88. The van der Waals surface area contributed by atoms with E-state index >= 15 is 0 Å². The van der Waals surface area contributed by atoms with E-state index in [1.54, 1.807) is 0 Å². The SMILES string of the molecule is CC(C)CC(F)(F)C1CCCNCC1. The lowest BCUT2D eigenvalue weighted by molar-refractivity contribution is -0.0781. The van der Waals surface area contributed by atoms with Gasteiger partial charge in [-0.05, 0) is 38.3 Å². The molecule has 1 saturated heterocycles. The molecule has 1 aliphatic heterocycles. The zero-order valence-electron chi connectivity index (χ0n) is 9.15. The van der Waals surface area contributed by atoms with Gasteiger partial charge in [-0.1, -0.05) is 13.8 Å². The Morgan fingerprint density at radius 1 is 1.29 bits per heavy atom. The number of rotatable bonds is 3. The van der Waals surface area contributed by atoms with Crippen LogP contribution in [0.15, 0.2) is 0 Å². The van der Waals surface area contributed by atoms with Gasteiger partial charge in [0.25, 0.3) is 5.92 Å². The Morgan fingerprint density at radius 3 is 2.64 bits per heavy atom. The van der Waals surface area contributed by atoms with E-state index < -0.39 is 11.8 Å². The van der Waals surface area contributed by atoms with Crippen LogP contribution in [0.25, 0.3) is 0 Å². The summed E-state index contributed by atoms with van der Waals surface area (Å²) in [5, 5.41) is 3.17. The van der Waals surface area contributed by atoms with Crippen molar-refractivity contribution in [1.82, 2.24) is 5.32 Å². The summed E-state index contributed by atoms with van der Waals surface area (Å²) in [6.07, 6.45) is 2.22. The predicted molar refractivity (Wildman–Crippen MR) is 54.6 cm³/mol. The highest BCUT2D eigenvalue weighted by atomic mass is 19.3. The van der Waals surface area contributed by atoms with Gasteiger partial charge in [0.1, 0.15) is 0 Å². The lowest BCUT2D eigenvalue weighted by Crippen LogP contribution is -2.30. The quantitative estimate of drug-likeness (QED) is 0.746. The van der Waals surface area contributed by atoms with Crippen LogP contribution in [0, 0.1) is 11.8 Å². The third-order valence-electron chi connectivity index (χ3n) is 2.85. The van der Waals surface area contributed by atoms with E-state index in [1.165, 1.54) is 0 Å². The van der Waals surface area contributed by atoms with Crippen LogP contribution < -0.4 is 5.32 Å². The first kappa shape index (κ1) is 11.9. The summed E-state index contributed by atoms with van der Waals surface area (Å²) in [4.78, 5) is 0. The maximum Gasteiger partial charge on any atom is 0.251 e. The van der Waals surface area contributed by atoms with Crippen molar-refractivity contribution in [2.24, 2.45) is 11.8 Å². The monoisotopic (exact) mass is 205 g/mol. The zero-order valence-corrected chi connectivity index (χ0v) is 9.15. The van der Waals surface area contributed by atoms with Crippen molar-refractivity contribution in [2.75, 3.05) is 13.1 Å². The minimum Gasteiger partial charge on any atom is -0.317 e. The highest BCUT2D eigenvalue weighted by Crippen LogP contribution is 2.36. The average Bonchev–Trinajstić information content (AvgIpc) is 2.28. The van der Waals surface area contributed by atoms with Gasteiger partial charge in [-0.2, -0.15) is 0 Å². The Labute approximate surface area is 85.3 Å². The number of hydrogen-bond acceptors (Lipinski definition) is 1. The van der Waals surface area contributed by atoms with Crippen LogP contribution in [0.2, 0.25) is 0 Å². The van der Waals surface area contributed by atoms with Crippen LogP contribution in [0.4, 0.5) is 8.78 Å². The molecule has 1 aliphatic rings. The van der Waals surface area contributed by atoms with E-state index in [-0.39, 0.29) is 12.3 Å². The van der Waals surface area contributed by atoms with Gasteiger partial charge in [-0.15, -0.1) is 0 Å². The second-order valence-electron chi connectivity index (χ2n) is 4.74. The molecule has 0 saturated carbocycles. The predicted octanol–water partition coefficient (Wildman–Crippen LogP) is 3.06. The Balaban J connectivity index is 2.50. The third kappa shape index (κ3) is 3.52. The fourth-order valence-electron chi connectivity index (χ4n) is 2.15. The molecular weight excluding hydrogens is 184 g/mol. The van der Waals surface area contributed by atoms with Crippen molar-refractivity contribution in [3.63, 3.8) is 0 Å². The smallest absolute Gasteiger partial charge is 0.251 e. The summed E-state index contributed by atoms with van der Waals surface area (Å²) in [5.74, 6) is -2.78. The molecule has 0 aromatic carbocycles. The summed E-state index contributed by atoms with van der Waals surface area (Å²) < 4.78 is 27.4. The average molecular weight is 205 g/mol. The third-order valence-corrected chi connectivity index (χ3v) is 2.85. The minimum atomic E-state index is -2.46. The summed E-state index contributed by atoms with van der Waals surface area (Å²) in [6.45, 7) is 5.37. The first-order chi connectivity index (χ1) is 6.52. The number of nitrogens with one attached hydrogen (secondary N) is 1. The van der Waals surface area contributed by atoms with Crippen molar-refractivity contribution >= 4 is 0 Å². The maximum atomic E-state index is 13.7. The molecule has 1 fully saturated rings. The minimum absolute atomic E-state index is 0.0394. The van der Waals surface area contributed by atoms with Crippen LogP contribution in [-0.4, -0.2) is 19.0 Å². The fraction of sp³-hybridized carbons (Fsp3) is 1.00. The largest absolute Gasteiger partial charge is 0.317 e. The van der Waals surface area contributed by atoms with Gasteiger partial charge >= 0.3 is 0 Å². The van der Waals surface area contributed by atoms with Crippen LogP contribution in [0.3, 0.4) is 0 Å². The summed E-state index contributed by atoms with van der Waals surface area (Å²) in [7, 11) is 0. The van der Waals surface area contributed by atoms with Crippen molar-refractivity contribution in [3.05, 3.63) is 0 Å². The van der Waals surface area contributed by atoms with E-state index in [0.29, 0.717) is 12.8 Å². The second kappa shape index (κ2) is 5.06. The molecule has 0 bridgehead atoms. The van der Waals surface area contributed by atoms with E-state index in [2.05, 4.69) is 5.32 Å². The normalized spacial score (nSPS) is 25.1. The Bertz CT molecular complexity index is 161. The van der Waals surface area contributed by atoms with Gasteiger partial charge in [0.05, 0.1) is 0 Å². The van der Waals surface area contributed by atoms with Crippen molar-refractivity contribution in [2.45, 2.75) is 45.5 Å². The molecule has 1 atom stereocenters. The molecule has 84 valence electrons. The van der Waals surface area contributed by atoms with Crippen LogP contribution >= 0.6 is 0 Å². The standard InChI is InChI=1S/C11H21F2N/c1-9(2)8-11(12,13)10-4-3-6-14-7-5-10/h9-10,14H,3-8H2,1-2H3. The van der Waals surface area contributed by atoms with E-state index in [9.17, 15) is 8.78 Å². The zero-order chi connectivity index (χ0) is 10.6. The van der Waals surface area contributed by atoms with E-state index in [4.69, 9.17) is 0 Å². The van der Waals surface area contributed by atoms with Gasteiger partial charge in [-0.3, -0.25) is 0 Å². The van der Waals surface area contributed by atoms with E-state index in [0.717, 1.165) is 19.5 Å². The Kier molecular flexibility index (Phi) is 4.30. The molecule has 0 spiro atoms. The summed E-state index contributed by atoms with van der Waals surface area (Å²) in [6, 6.07) is 0. The van der Waals surface area contributed by atoms with Crippen LogP contribution in [-0.2, 0) is 0 Å². The molecule has 1 heterocycles. The molecule has 0 amide bonds. The van der Waals surface area contributed by atoms with Crippen LogP contribution in [0.1, 0.15) is 39.5 Å². The number of hydrogen-bond donors (Lipinski definition) is 1. The molecule has 1 N–H and O–H groups in total. The molecule has 14 heavy (non-hydrogen) atoms.